The first-order chi connectivity index (χ1) is 38.8. The van der Waals surface area contributed by atoms with Gasteiger partial charge >= 0.3 is 0 Å². The fraction of sp³-hybridized carbons (Fsp3) is 0.900. The van der Waals surface area contributed by atoms with E-state index in [1.165, 1.54) is 283 Å². The van der Waals surface area contributed by atoms with Crippen molar-refractivity contribution < 1.29 is 39.8 Å². The molecule has 7 unspecified atom stereocenters. The number of amides is 1. The standard InChI is InChI=1S/C70H133NO8/c1-3-5-7-9-11-13-15-17-19-21-23-25-27-29-31-32-33-34-36-38-40-42-44-46-48-50-52-54-56-58-60-66(74)71-63(62-78-70-69(77)68(76)67(75)65(61-72)79-70)64(73)59-57-55-53-51-49-47-45-43-41-39-37-35-30-28-26-24-22-20-18-16-14-12-10-8-6-4-2/h41,43,49,51,57,59,63-65,67-70,72-73,75-77H,3-40,42,44-48,50,52-56,58,60-62H2,1-2H3,(H,71,74)/b43-41+,51-49+,59-57+. The molecule has 9 nitrogen and oxygen atoms in total. The summed E-state index contributed by atoms with van der Waals surface area (Å²) >= 11 is 0. The Balaban J connectivity index is 2.15. The van der Waals surface area contributed by atoms with E-state index in [-0.39, 0.29) is 12.5 Å². The van der Waals surface area contributed by atoms with Crippen LogP contribution in [-0.4, -0.2) is 87.5 Å². The van der Waals surface area contributed by atoms with Crippen LogP contribution < -0.4 is 5.32 Å². The molecule has 1 rings (SSSR count). The van der Waals surface area contributed by atoms with E-state index < -0.39 is 49.5 Å². The summed E-state index contributed by atoms with van der Waals surface area (Å²) in [6.07, 6.45) is 72.6. The predicted octanol–water partition coefficient (Wildman–Crippen LogP) is 18.6. The van der Waals surface area contributed by atoms with Crippen LogP contribution in [0, 0.1) is 0 Å². The largest absolute Gasteiger partial charge is 0.394 e. The lowest BCUT2D eigenvalue weighted by Crippen LogP contribution is -2.60. The molecule has 1 heterocycles. The van der Waals surface area contributed by atoms with E-state index in [0.717, 1.165) is 44.9 Å². The van der Waals surface area contributed by atoms with Gasteiger partial charge in [-0.2, -0.15) is 0 Å². The molecule has 1 aliphatic rings. The van der Waals surface area contributed by atoms with Crippen molar-refractivity contribution in [2.75, 3.05) is 13.2 Å². The lowest BCUT2D eigenvalue weighted by molar-refractivity contribution is -0.302. The van der Waals surface area contributed by atoms with Crippen LogP contribution in [0.3, 0.4) is 0 Å². The Morgan fingerprint density at radius 3 is 1.06 bits per heavy atom. The Bertz CT molecular complexity index is 1340. The highest BCUT2D eigenvalue weighted by molar-refractivity contribution is 5.76. The molecule has 0 aliphatic carbocycles. The first-order valence-electron chi connectivity index (χ1n) is 34.7. The summed E-state index contributed by atoms with van der Waals surface area (Å²) in [7, 11) is 0. The summed E-state index contributed by atoms with van der Waals surface area (Å²) in [6, 6.07) is -0.828. The van der Waals surface area contributed by atoms with Crippen LogP contribution in [0.15, 0.2) is 36.5 Å². The third kappa shape index (κ3) is 48.5. The minimum atomic E-state index is -1.57. The quantitative estimate of drug-likeness (QED) is 0.0261. The number of hydrogen-bond donors (Lipinski definition) is 6. The van der Waals surface area contributed by atoms with Crippen LogP contribution in [0.2, 0.25) is 0 Å². The van der Waals surface area contributed by atoms with Crippen molar-refractivity contribution in [3.05, 3.63) is 36.5 Å². The molecule has 0 radical (unpaired) electrons. The number of carbonyl (C=O) groups excluding carboxylic acids is 1. The molecule has 0 aromatic heterocycles. The molecule has 0 aromatic rings. The molecule has 9 heteroatoms. The van der Waals surface area contributed by atoms with Crippen molar-refractivity contribution >= 4 is 5.91 Å². The molecular weight excluding hydrogens is 983 g/mol. The minimum Gasteiger partial charge on any atom is -0.394 e. The van der Waals surface area contributed by atoms with Gasteiger partial charge in [-0.15, -0.1) is 0 Å². The second-order valence-corrected chi connectivity index (χ2v) is 24.3. The van der Waals surface area contributed by atoms with E-state index in [4.69, 9.17) is 9.47 Å². The molecule has 466 valence electrons. The van der Waals surface area contributed by atoms with Crippen LogP contribution >= 0.6 is 0 Å². The van der Waals surface area contributed by atoms with Crippen molar-refractivity contribution in [1.82, 2.24) is 5.32 Å². The first kappa shape index (κ1) is 75.4. The summed E-state index contributed by atoms with van der Waals surface area (Å²) in [5.41, 5.74) is 0. The molecule has 6 N–H and O–H groups in total. The number of ether oxygens (including phenoxy) is 2. The molecular formula is C70H133NO8. The van der Waals surface area contributed by atoms with Crippen LogP contribution in [0.4, 0.5) is 0 Å². The molecule has 1 fully saturated rings. The van der Waals surface area contributed by atoms with Crippen LogP contribution in [0.5, 0.6) is 0 Å². The summed E-state index contributed by atoms with van der Waals surface area (Å²) < 4.78 is 11.3. The average Bonchev–Trinajstić information content (AvgIpc) is 3.47. The van der Waals surface area contributed by atoms with Gasteiger partial charge in [0.1, 0.15) is 24.4 Å². The minimum absolute atomic E-state index is 0.183. The topological polar surface area (TPSA) is 149 Å². The molecule has 0 bridgehead atoms. The van der Waals surface area contributed by atoms with Gasteiger partial charge in [-0.25, -0.2) is 0 Å². The number of aliphatic hydroxyl groups excluding tert-OH is 5. The van der Waals surface area contributed by atoms with Crippen molar-refractivity contribution in [3.8, 4) is 0 Å². The number of hydrogen-bond acceptors (Lipinski definition) is 8. The molecule has 79 heavy (non-hydrogen) atoms. The summed E-state index contributed by atoms with van der Waals surface area (Å²) in [6.45, 7) is 3.81. The Kier molecular flexibility index (Phi) is 56.9. The fourth-order valence-electron chi connectivity index (χ4n) is 11.3. The van der Waals surface area contributed by atoms with Gasteiger partial charge in [0.25, 0.3) is 0 Å². The smallest absolute Gasteiger partial charge is 0.220 e. The second kappa shape index (κ2) is 59.6. The van der Waals surface area contributed by atoms with Gasteiger partial charge in [0.05, 0.1) is 25.4 Å². The molecule has 1 saturated heterocycles. The molecule has 0 saturated carbocycles. The zero-order chi connectivity index (χ0) is 57.2. The van der Waals surface area contributed by atoms with E-state index in [1.807, 2.05) is 6.08 Å². The average molecular weight is 1120 g/mol. The second-order valence-electron chi connectivity index (χ2n) is 24.3. The highest BCUT2D eigenvalue weighted by Crippen LogP contribution is 2.23. The third-order valence-corrected chi connectivity index (χ3v) is 16.7. The molecule has 1 aliphatic heterocycles. The van der Waals surface area contributed by atoms with E-state index in [0.29, 0.717) is 6.42 Å². The van der Waals surface area contributed by atoms with Crippen LogP contribution in [0.1, 0.15) is 348 Å². The number of aliphatic hydroxyl groups is 5. The van der Waals surface area contributed by atoms with Crippen LogP contribution in [-0.2, 0) is 14.3 Å². The summed E-state index contributed by atoms with van der Waals surface area (Å²) in [5.74, 6) is -0.183. The lowest BCUT2D eigenvalue weighted by atomic mass is 9.99. The molecule has 7 atom stereocenters. The van der Waals surface area contributed by atoms with Gasteiger partial charge in [-0.05, 0) is 44.9 Å². The third-order valence-electron chi connectivity index (χ3n) is 16.7. The van der Waals surface area contributed by atoms with Crippen molar-refractivity contribution in [2.24, 2.45) is 0 Å². The SMILES string of the molecule is CCCCCCCCCCCCCCCCCC/C=C/CC/C=C/CC/C=C/C(O)C(COC1OC(CO)C(O)C(O)C1O)NC(=O)CCCCCCCCCCCCCCCCCCCCCCCCCCCCCCCC. The number of unbranched alkanes of at least 4 members (excludes halogenated alkanes) is 47. The van der Waals surface area contributed by atoms with Gasteiger partial charge in [-0.1, -0.05) is 333 Å². The van der Waals surface area contributed by atoms with Crippen molar-refractivity contribution in [3.63, 3.8) is 0 Å². The highest BCUT2D eigenvalue weighted by Gasteiger charge is 2.44. The summed E-state index contributed by atoms with van der Waals surface area (Å²) in [5, 5.41) is 54.7. The Hall–Kier alpha value is -1.59. The Labute approximate surface area is 489 Å². The number of allylic oxidation sites excluding steroid dienone is 5. The van der Waals surface area contributed by atoms with E-state index in [2.05, 4.69) is 43.5 Å². The van der Waals surface area contributed by atoms with Crippen LogP contribution in [0.25, 0.3) is 0 Å². The number of nitrogens with one attached hydrogen (secondary N) is 1. The number of rotatable bonds is 61. The highest BCUT2D eigenvalue weighted by atomic mass is 16.7. The monoisotopic (exact) mass is 1120 g/mol. The van der Waals surface area contributed by atoms with Crippen molar-refractivity contribution in [1.29, 1.82) is 0 Å². The van der Waals surface area contributed by atoms with Crippen molar-refractivity contribution in [2.45, 2.75) is 391 Å². The van der Waals surface area contributed by atoms with Gasteiger partial charge in [-0.3, -0.25) is 4.79 Å². The Morgan fingerprint density at radius 2 is 0.722 bits per heavy atom. The summed E-state index contributed by atoms with van der Waals surface area (Å²) in [4.78, 5) is 13.1. The maximum Gasteiger partial charge on any atom is 0.220 e. The van der Waals surface area contributed by atoms with Gasteiger partial charge in [0.2, 0.25) is 5.91 Å². The molecule has 1 amide bonds. The van der Waals surface area contributed by atoms with E-state index >= 15 is 0 Å². The van der Waals surface area contributed by atoms with E-state index in [1.54, 1.807) is 6.08 Å². The maximum absolute atomic E-state index is 13.1. The molecule has 0 aromatic carbocycles. The Morgan fingerprint density at radius 1 is 0.418 bits per heavy atom. The van der Waals surface area contributed by atoms with Gasteiger partial charge < -0.3 is 40.3 Å². The lowest BCUT2D eigenvalue weighted by Gasteiger charge is -2.40. The normalized spacial score (nSPS) is 18.7. The number of carbonyl (C=O) groups is 1. The zero-order valence-electron chi connectivity index (χ0n) is 52.2. The van der Waals surface area contributed by atoms with Gasteiger partial charge in [0, 0.05) is 6.42 Å². The first-order valence-corrected chi connectivity index (χ1v) is 34.7. The molecule has 0 spiro atoms. The fourth-order valence-corrected chi connectivity index (χ4v) is 11.3. The van der Waals surface area contributed by atoms with Gasteiger partial charge in [0.15, 0.2) is 6.29 Å². The van der Waals surface area contributed by atoms with E-state index in [9.17, 15) is 30.3 Å². The predicted molar refractivity (Wildman–Crippen MR) is 337 cm³/mol. The zero-order valence-corrected chi connectivity index (χ0v) is 52.2. The maximum atomic E-state index is 13.1.